The minimum Gasteiger partial charge on any atom is -0.327 e. The molecule has 2 nitrogen and oxygen atoms in total. The van der Waals surface area contributed by atoms with Crippen molar-refractivity contribution in [2.45, 2.75) is 25.3 Å². The minimum absolute atomic E-state index is 0.280. The number of fused-ring (bicyclic) bond motifs is 1. The van der Waals surface area contributed by atoms with Crippen LogP contribution in [0.15, 0.2) is 16.6 Å². The molecule has 20 heavy (non-hydrogen) atoms. The highest BCUT2D eigenvalue weighted by Gasteiger charge is 2.19. The van der Waals surface area contributed by atoms with E-state index in [1.165, 1.54) is 30.4 Å². The number of aromatic nitrogens is 2. The van der Waals surface area contributed by atoms with Gasteiger partial charge in [-0.1, -0.05) is 0 Å². The molecular formula is C14H15BrClFN2S. The van der Waals surface area contributed by atoms with Crippen molar-refractivity contribution >= 4 is 50.3 Å². The van der Waals surface area contributed by atoms with E-state index in [1.54, 1.807) is 0 Å². The summed E-state index contributed by atoms with van der Waals surface area (Å²) in [4.78, 5) is 4.46. The Morgan fingerprint density at radius 1 is 1.40 bits per heavy atom. The van der Waals surface area contributed by atoms with Gasteiger partial charge in [-0.15, -0.1) is 11.6 Å². The maximum Gasteiger partial charge on any atom is 0.139 e. The van der Waals surface area contributed by atoms with Crippen molar-refractivity contribution in [2.75, 3.05) is 11.5 Å². The van der Waals surface area contributed by atoms with E-state index in [9.17, 15) is 4.39 Å². The first-order valence-corrected chi connectivity index (χ1v) is 9.15. The third-order valence-corrected chi connectivity index (χ3v) is 5.67. The lowest BCUT2D eigenvalue weighted by molar-refractivity contribution is 0.417. The Morgan fingerprint density at radius 3 is 2.85 bits per heavy atom. The zero-order chi connectivity index (χ0) is 14.1. The Kier molecular flexibility index (Phi) is 4.58. The molecule has 1 aromatic heterocycles. The van der Waals surface area contributed by atoms with Gasteiger partial charge in [0.25, 0.3) is 0 Å². The smallest absolute Gasteiger partial charge is 0.139 e. The highest BCUT2D eigenvalue weighted by molar-refractivity contribution is 9.10. The lowest BCUT2D eigenvalue weighted by Crippen LogP contribution is -2.17. The van der Waals surface area contributed by atoms with Crippen molar-refractivity contribution in [3.8, 4) is 0 Å². The fourth-order valence-electron chi connectivity index (χ4n) is 2.66. The van der Waals surface area contributed by atoms with Crippen LogP contribution in [-0.2, 0) is 12.4 Å². The van der Waals surface area contributed by atoms with E-state index < -0.39 is 0 Å². The number of hydrogen-bond acceptors (Lipinski definition) is 2. The van der Waals surface area contributed by atoms with E-state index in [2.05, 4.69) is 25.5 Å². The van der Waals surface area contributed by atoms with Gasteiger partial charge in [0.1, 0.15) is 11.6 Å². The van der Waals surface area contributed by atoms with Crippen LogP contribution in [0.2, 0.25) is 0 Å². The maximum absolute atomic E-state index is 13.6. The normalized spacial score (nSPS) is 16.9. The number of imidazole rings is 1. The minimum atomic E-state index is -0.280. The quantitative estimate of drug-likeness (QED) is 0.714. The lowest BCUT2D eigenvalue weighted by Gasteiger charge is -2.22. The van der Waals surface area contributed by atoms with Crippen molar-refractivity contribution in [3.63, 3.8) is 0 Å². The van der Waals surface area contributed by atoms with Crippen LogP contribution in [0.3, 0.4) is 0 Å². The molecule has 0 unspecified atom stereocenters. The van der Waals surface area contributed by atoms with Crippen LogP contribution in [0.4, 0.5) is 4.39 Å². The largest absolute Gasteiger partial charge is 0.327 e. The molecule has 0 amide bonds. The monoisotopic (exact) mass is 376 g/mol. The summed E-state index contributed by atoms with van der Waals surface area (Å²) in [6.07, 6.45) is 2.46. The van der Waals surface area contributed by atoms with E-state index in [1.807, 2.05) is 17.8 Å². The van der Waals surface area contributed by atoms with Crippen molar-refractivity contribution in [3.05, 3.63) is 28.2 Å². The van der Waals surface area contributed by atoms with Gasteiger partial charge in [-0.2, -0.15) is 11.8 Å². The standard InChI is InChI=1S/C14H15BrClFN2S/c15-10-5-13-12(6-11(10)17)18-14(7-16)19(13)8-9-1-3-20-4-2-9/h5-6,9H,1-4,7-8H2. The summed E-state index contributed by atoms with van der Waals surface area (Å²) in [5.41, 5.74) is 1.65. The first-order valence-electron chi connectivity index (χ1n) is 6.67. The van der Waals surface area contributed by atoms with E-state index in [0.29, 0.717) is 21.8 Å². The Labute approximate surface area is 135 Å². The van der Waals surface area contributed by atoms with Gasteiger partial charge in [-0.3, -0.25) is 0 Å². The van der Waals surface area contributed by atoms with E-state index in [4.69, 9.17) is 11.6 Å². The Hall–Kier alpha value is -0.260. The Bertz CT molecular complexity index is 625. The molecule has 0 spiro atoms. The number of hydrogen-bond donors (Lipinski definition) is 0. The van der Waals surface area contributed by atoms with Gasteiger partial charge in [0, 0.05) is 12.6 Å². The summed E-state index contributed by atoms with van der Waals surface area (Å²) in [5, 5.41) is 0. The molecule has 0 saturated carbocycles. The average molecular weight is 378 g/mol. The Morgan fingerprint density at radius 2 is 2.15 bits per heavy atom. The molecule has 0 atom stereocenters. The zero-order valence-corrected chi connectivity index (χ0v) is 14.1. The molecule has 1 aliphatic rings. The number of thioether (sulfide) groups is 1. The zero-order valence-electron chi connectivity index (χ0n) is 10.9. The second-order valence-corrected chi connectivity index (χ2v) is 7.43. The van der Waals surface area contributed by atoms with E-state index in [0.717, 1.165) is 17.9 Å². The van der Waals surface area contributed by atoms with E-state index >= 15 is 0 Å². The summed E-state index contributed by atoms with van der Waals surface area (Å²) in [7, 11) is 0. The van der Waals surface area contributed by atoms with Gasteiger partial charge in [-0.25, -0.2) is 9.37 Å². The summed E-state index contributed by atoms with van der Waals surface area (Å²) < 4.78 is 16.3. The summed E-state index contributed by atoms with van der Waals surface area (Å²) >= 11 is 11.3. The molecule has 1 fully saturated rings. The van der Waals surface area contributed by atoms with E-state index in [-0.39, 0.29) is 5.82 Å². The van der Waals surface area contributed by atoms with Crippen LogP contribution in [-0.4, -0.2) is 21.1 Å². The summed E-state index contributed by atoms with van der Waals surface area (Å²) in [5.74, 6) is 4.03. The number of benzene rings is 1. The first-order chi connectivity index (χ1) is 9.69. The van der Waals surface area contributed by atoms with Crippen LogP contribution in [0.25, 0.3) is 11.0 Å². The third-order valence-electron chi connectivity index (χ3n) is 3.77. The number of halogens is 3. The molecule has 1 saturated heterocycles. The second-order valence-electron chi connectivity index (χ2n) is 5.08. The predicted octanol–water partition coefficient (Wildman–Crippen LogP) is 4.82. The van der Waals surface area contributed by atoms with Crippen LogP contribution < -0.4 is 0 Å². The van der Waals surface area contributed by atoms with Crippen LogP contribution in [0, 0.1) is 11.7 Å². The van der Waals surface area contributed by atoms with Crippen LogP contribution >= 0.6 is 39.3 Å². The average Bonchev–Trinajstić information content (AvgIpc) is 2.78. The van der Waals surface area contributed by atoms with Crippen LogP contribution in [0.1, 0.15) is 18.7 Å². The second kappa shape index (κ2) is 6.24. The molecule has 1 aliphatic heterocycles. The number of rotatable bonds is 3. The van der Waals surface area contributed by atoms with Gasteiger partial charge in [0.2, 0.25) is 0 Å². The number of nitrogens with zero attached hydrogens (tertiary/aromatic N) is 2. The van der Waals surface area contributed by atoms with Crippen molar-refractivity contribution in [1.29, 1.82) is 0 Å². The van der Waals surface area contributed by atoms with Gasteiger partial charge in [-0.05, 0) is 52.3 Å². The Balaban J connectivity index is 2.00. The highest BCUT2D eigenvalue weighted by atomic mass is 79.9. The van der Waals surface area contributed by atoms with Crippen molar-refractivity contribution in [1.82, 2.24) is 9.55 Å². The fraction of sp³-hybridized carbons (Fsp3) is 0.500. The molecular weight excluding hydrogens is 363 g/mol. The molecule has 6 heteroatoms. The highest BCUT2D eigenvalue weighted by Crippen LogP contribution is 2.29. The van der Waals surface area contributed by atoms with Gasteiger partial charge >= 0.3 is 0 Å². The first kappa shape index (κ1) is 14.7. The topological polar surface area (TPSA) is 17.8 Å². The van der Waals surface area contributed by atoms with Crippen LogP contribution in [0.5, 0.6) is 0 Å². The van der Waals surface area contributed by atoms with Gasteiger partial charge < -0.3 is 4.57 Å². The molecule has 3 rings (SSSR count). The van der Waals surface area contributed by atoms with Crippen molar-refractivity contribution in [2.24, 2.45) is 5.92 Å². The fourth-order valence-corrected chi connectivity index (χ4v) is 4.40. The maximum atomic E-state index is 13.6. The molecule has 2 aromatic rings. The summed E-state index contributed by atoms with van der Waals surface area (Å²) in [6, 6.07) is 3.29. The van der Waals surface area contributed by atoms with Gasteiger partial charge in [0.15, 0.2) is 0 Å². The molecule has 108 valence electrons. The molecule has 1 aromatic carbocycles. The lowest BCUT2D eigenvalue weighted by atomic mass is 10.0. The molecule has 0 bridgehead atoms. The molecule has 0 radical (unpaired) electrons. The third kappa shape index (κ3) is 2.85. The number of alkyl halides is 1. The SMILES string of the molecule is Fc1cc2nc(CCl)n(CC3CCSCC3)c2cc1Br. The molecule has 0 aliphatic carbocycles. The predicted molar refractivity (Wildman–Crippen MR) is 87.0 cm³/mol. The summed E-state index contributed by atoms with van der Waals surface area (Å²) in [6.45, 7) is 0.928. The van der Waals surface area contributed by atoms with Crippen molar-refractivity contribution < 1.29 is 4.39 Å². The molecule has 2 heterocycles. The molecule has 0 N–H and O–H groups in total. The van der Waals surface area contributed by atoms with Gasteiger partial charge in [0.05, 0.1) is 21.4 Å².